The minimum Gasteiger partial charge on any atom is -0.342 e. The number of nitrogens with zero attached hydrogens (tertiary/aromatic N) is 2. The Labute approximate surface area is 117 Å². The molecule has 0 bridgehead atoms. The van der Waals surface area contributed by atoms with Crippen LogP contribution in [0.2, 0.25) is 5.02 Å². The number of aromatic nitrogens is 3. The molecule has 0 aliphatic heterocycles. The van der Waals surface area contributed by atoms with Gasteiger partial charge in [-0.3, -0.25) is 9.89 Å². The highest BCUT2D eigenvalue weighted by molar-refractivity contribution is 9.10. The summed E-state index contributed by atoms with van der Waals surface area (Å²) < 4.78 is 0.689. The SMILES string of the molecule is CC(NC(=O)c1cc(Cl)ccc1Br)c1ncn[nH]1. The summed E-state index contributed by atoms with van der Waals surface area (Å²) in [5.41, 5.74) is 0.480. The van der Waals surface area contributed by atoms with Crippen molar-refractivity contribution in [3.8, 4) is 0 Å². The Hall–Kier alpha value is -1.40. The standard InChI is InChI=1S/C11H10BrClN4O/c1-6(10-14-5-15-17-10)16-11(18)8-4-7(13)2-3-9(8)12/h2-6H,1H3,(H,16,18)(H,14,15,17). The molecule has 5 nitrogen and oxygen atoms in total. The van der Waals surface area contributed by atoms with Crippen LogP contribution in [0.25, 0.3) is 0 Å². The molecular weight excluding hydrogens is 320 g/mol. The number of hydrogen-bond acceptors (Lipinski definition) is 3. The number of nitrogens with one attached hydrogen (secondary N) is 2. The van der Waals surface area contributed by atoms with E-state index >= 15 is 0 Å². The molecule has 0 saturated heterocycles. The third kappa shape index (κ3) is 2.88. The molecule has 1 unspecified atom stereocenters. The Morgan fingerprint density at radius 1 is 1.56 bits per heavy atom. The number of carbonyl (C=O) groups is 1. The molecule has 0 spiro atoms. The van der Waals surface area contributed by atoms with Crippen LogP contribution in [0.1, 0.15) is 29.1 Å². The molecule has 0 saturated carbocycles. The molecule has 2 N–H and O–H groups in total. The van der Waals surface area contributed by atoms with Crippen molar-refractivity contribution in [2.24, 2.45) is 0 Å². The second-order valence-corrected chi connectivity index (χ2v) is 4.98. The summed E-state index contributed by atoms with van der Waals surface area (Å²) in [6.45, 7) is 1.82. The number of benzene rings is 1. The molecule has 1 aromatic heterocycles. The third-order valence-electron chi connectivity index (χ3n) is 2.36. The molecule has 94 valence electrons. The second kappa shape index (κ2) is 5.49. The van der Waals surface area contributed by atoms with Gasteiger partial charge in [-0.05, 0) is 41.1 Å². The highest BCUT2D eigenvalue weighted by atomic mass is 79.9. The van der Waals surface area contributed by atoms with E-state index in [0.29, 0.717) is 20.9 Å². The fourth-order valence-corrected chi connectivity index (χ4v) is 2.04. The molecule has 1 atom stereocenters. The Balaban J connectivity index is 2.15. The van der Waals surface area contributed by atoms with Gasteiger partial charge in [0.15, 0.2) is 0 Å². The van der Waals surface area contributed by atoms with Gasteiger partial charge in [-0.2, -0.15) is 5.10 Å². The van der Waals surface area contributed by atoms with Gasteiger partial charge >= 0.3 is 0 Å². The molecule has 7 heteroatoms. The summed E-state index contributed by atoms with van der Waals surface area (Å²) in [6.07, 6.45) is 1.40. The van der Waals surface area contributed by atoms with E-state index in [1.807, 2.05) is 6.92 Å². The van der Waals surface area contributed by atoms with Crippen molar-refractivity contribution in [1.29, 1.82) is 0 Å². The molecule has 0 fully saturated rings. The average molecular weight is 330 g/mol. The average Bonchev–Trinajstić information content (AvgIpc) is 2.85. The molecule has 2 aromatic rings. The highest BCUT2D eigenvalue weighted by Crippen LogP contribution is 2.21. The van der Waals surface area contributed by atoms with Crippen LogP contribution < -0.4 is 5.32 Å². The first kappa shape index (κ1) is 13.0. The Bertz CT molecular complexity index is 558. The van der Waals surface area contributed by atoms with Crippen molar-refractivity contribution in [1.82, 2.24) is 20.5 Å². The van der Waals surface area contributed by atoms with Crippen LogP contribution in [-0.2, 0) is 0 Å². The highest BCUT2D eigenvalue weighted by Gasteiger charge is 2.15. The smallest absolute Gasteiger partial charge is 0.253 e. The van der Waals surface area contributed by atoms with Gasteiger partial charge < -0.3 is 5.32 Å². The van der Waals surface area contributed by atoms with Crippen LogP contribution in [0, 0.1) is 0 Å². The Morgan fingerprint density at radius 2 is 2.33 bits per heavy atom. The minimum absolute atomic E-state index is 0.228. The van der Waals surface area contributed by atoms with Crippen LogP contribution in [0.5, 0.6) is 0 Å². The first-order chi connectivity index (χ1) is 8.58. The van der Waals surface area contributed by atoms with Crippen LogP contribution >= 0.6 is 27.5 Å². The third-order valence-corrected chi connectivity index (χ3v) is 3.29. The van der Waals surface area contributed by atoms with E-state index in [1.54, 1.807) is 18.2 Å². The van der Waals surface area contributed by atoms with Crippen LogP contribution in [-0.4, -0.2) is 21.1 Å². The van der Waals surface area contributed by atoms with E-state index in [9.17, 15) is 4.79 Å². The van der Waals surface area contributed by atoms with Crippen LogP contribution in [0.15, 0.2) is 29.0 Å². The largest absolute Gasteiger partial charge is 0.342 e. The van der Waals surface area contributed by atoms with Crippen LogP contribution in [0.3, 0.4) is 0 Å². The van der Waals surface area contributed by atoms with E-state index in [-0.39, 0.29) is 11.9 Å². The summed E-state index contributed by atoms with van der Waals surface area (Å²) in [5.74, 6) is 0.370. The van der Waals surface area contributed by atoms with E-state index in [0.717, 1.165) is 0 Å². The van der Waals surface area contributed by atoms with E-state index in [4.69, 9.17) is 11.6 Å². The Morgan fingerprint density at radius 3 is 3.00 bits per heavy atom. The van der Waals surface area contributed by atoms with Gasteiger partial charge in [0.2, 0.25) is 0 Å². The van der Waals surface area contributed by atoms with Gasteiger partial charge in [-0.25, -0.2) is 4.98 Å². The number of H-pyrrole nitrogens is 1. The van der Waals surface area contributed by atoms with Crippen molar-refractivity contribution in [3.63, 3.8) is 0 Å². The quantitative estimate of drug-likeness (QED) is 0.909. The first-order valence-electron chi connectivity index (χ1n) is 5.19. The minimum atomic E-state index is -0.258. The van der Waals surface area contributed by atoms with Crippen molar-refractivity contribution in [3.05, 3.63) is 45.4 Å². The fraction of sp³-hybridized carbons (Fsp3) is 0.182. The lowest BCUT2D eigenvalue weighted by atomic mass is 10.2. The normalized spacial score (nSPS) is 12.2. The number of aromatic amines is 1. The lowest BCUT2D eigenvalue weighted by Gasteiger charge is -2.12. The van der Waals surface area contributed by atoms with Crippen molar-refractivity contribution >= 4 is 33.4 Å². The molecule has 1 amide bonds. The van der Waals surface area contributed by atoms with E-state index < -0.39 is 0 Å². The maximum Gasteiger partial charge on any atom is 0.253 e. The van der Waals surface area contributed by atoms with Crippen molar-refractivity contribution in [2.45, 2.75) is 13.0 Å². The van der Waals surface area contributed by atoms with E-state index in [1.165, 1.54) is 6.33 Å². The zero-order chi connectivity index (χ0) is 13.1. The summed E-state index contributed by atoms with van der Waals surface area (Å²) in [5, 5.41) is 9.76. The monoisotopic (exact) mass is 328 g/mol. The zero-order valence-corrected chi connectivity index (χ0v) is 11.8. The molecular formula is C11H10BrClN4O. The fourth-order valence-electron chi connectivity index (χ4n) is 1.44. The van der Waals surface area contributed by atoms with Gasteiger partial charge in [-0.1, -0.05) is 11.6 Å². The maximum absolute atomic E-state index is 12.1. The molecule has 0 radical (unpaired) electrons. The summed E-state index contributed by atoms with van der Waals surface area (Å²) in [7, 11) is 0. The number of halogens is 2. The predicted octanol–water partition coefficient (Wildman–Crippen LogP) is 2.71. The maximum atomic E-state index is 12.1. The lowest BCUT2D eigenvalue weighted by molar-refractivity contribution is 0.0937. The van der Waals surface area contributed by atoms with Gasteiger partial charge in [0.05, 0.1) is 11.6 Å². The lowest BCUT2D eigenvalue weighted by Crippen LogP contribution is -2.27. The van der Waals surface area contributed by atoms with Gasteiger partial charge in [0, 0.05) is 9.50 Å². The summed E-state index contributed by atoms with van der Waals surface area (Å²) in [6, 6.07) is 4.79. The second-order valence-electron chi connectivity index (χ2n) is 3.69. The Kier molecular flexibility index (Phi) is 3.98. The zero-order valence-electron chi connectivity index (χ0n) is 9.45. The molecule has 0 aliphatic carbocycles. The van der Waals surface area contributed by atoms with Crippen molar-refractivity contribution < 1.29 is 4.79 Å². The predicted molar refractivity (Wildman–Crippen MR) is 71.4 cm³/mol. The molecule has 18 heavy (non-hydrogen) atoms. The van der Waals surface area contributed by atoms with Gasteiger partial charge in [0.25, 0.3) is 5.91 Å². The molecule has 1 heterocycles. The summed E-state index contributed by atoms with van der Waals surface area (Å²) in [4.78, 5) is 16.0. The molecule has 1 aromatic carbocycles. The molecule has 2 rings (SSSR count). The van der Waals surface area contributed by atoms with Gasteiger partial charge in [0.1, 0.15) is 12.2 Å². The van der Waals surface area contributed by atoms with Crippen LogP contribution in [0.4, 0.5) is 0 Å². The van der Waals surface area contributed by atoms with Crippen molar-refractivity contribution in [2.75, 3.05) is 0 Å². The molecule has 0 aliphatic rings. The number of carbonyl (C=O) groups excluding carboxylic acids is 1. The van der Waals surface area contributed by atoms with Gasteiger partial charge in [-0.15, -0.1) is 0 Å². The number of amides is 1. The topological polar surface area (TPSA) is 70.7 Å². The van der Waals surface area contributed by atoms with E-state index in [2.05, 4.69) is 36.4 Å². The summed E-state index contributed by atoms with van der Waals surface area (Å²) >= 11 is 9.18. The number of rotatable bonds is 3. The number of hydrogen-bond donors (Lipinski definition) is 2. The first-order valence-corrected chi connectivity index (χ1v) is 6.36.